The summed E-state index contributed by atoms with van der Waals surface area (Å²) in [5.41, 5.74) is 0. The van der Waals surface area contributed by atoms with Crippen LogP contribution >= 0.6 is 24.0 Å². The van der Waals surface area contributed by atoms with E-state index in [9.17, 15) is 0 Å². The highest BCUT2D eigenvalue weighted by molar-refractivity contribution is 14.0. The average molecular weight is 412 g/mol. The molecule has 0 radical (unpaired) electrons. The molecule has 1 saturated heterocycles. The van der Waals surface area contributed by atoms with Crippen LogP contribution in [0.4, 0.5) is 0 Å². The van der Waals surface area contributed by atoms with Crippen molar-refractivity contribution < 1.29 is 4.74 Å². The second kappa shape index (κ2) is 12.5. The highest BCUT2D eigenvalue weighted by Gasteiger charge is 2.14. The molecule has 0 amide bonds. The molecular formula is C15H33IN4O. The zero-order valence-corrected chi connectivity index (χ0v) is 16.4. The maximum Gasteiger partial charge on any atom is 0.191 e. The van der Waals surface area contributed by atoms with Gasteiger partial charge in [0.05, 0.1) is 13.2 Å². The Labute approximate surface area is 147 Å². The molecular weight excluding hydrogens is 379 g/mol. The minimum Gasteiger partial charge on any atom is -0.383 e. The summed E-state index contributed by atoms with van der Waals surface area (Å²) in [5.74, 6) is 1.78. The number of ether oxygens (including phenoxy) is 1. The van der Waals surface area contributed by atoms with Crippen LogP contribution in [0, 0.1) is 5.92 Å². The van der Waals surface area contributed by atoms with Gasteiger partial charge in [-0.1, -0.05) is 6.92 Å². The maximum absolute atomic E-state index is 5.14. The Hall–Kier alpha value is -0.0800. The van der Waals surface area contributed by atoms with Crippen LogP contribution in [0.5, 0.6) is 0 Å². The van der Waals surface area contributed by atoms with Crippen LogP contribution in [0.2, 0.25) is 0 Å². The van der Waals surface area contributed by atoms with Crippen LogP contribution in [0.25, 0.3) is 0 Å². The van der Waals surface area contributed by atoms with Gasteiger partial charge in [0.2, 0.25) is 0 Å². The zero-order chi connectivity index (χ0) is 14.8. The molecule has 1 aliphatic rings. The Morgan fingerprint density at radius 3 is 2.62 bits per heavy atom. The molecule has 0 aromatic carbocycles. The molecule has 0 aliphatic carbocycles. The molecule has 126 valence electrons. The highest BCUT2D eigenvalue weighted by Crippen LogP contribution is 2.15. The molecule has 0 aromatic rings. The SMILES string of the molecule is CCNC(=NCCN1CCC(C)CC1)NC(C)COC.I. The number of likely N-dealkylation sites (tertiary alicyclic amines) is 1. The number of nitrogens with zero attached hydrogens (tertiary/aromatic N) is 2. The van der Waals surface area contributed by atoms with Crippen molar-refractivity contribution >= 4 is 29.9 Å². The monoisotopic (exact) mass is 412 g/mol. The van der Waals surface area contributed by atoms with Crippen LogP contribution in [0.3, 0.4) is 0 Å². The topological polar surface area (TPSA) is 48.9 Å². The van der Waals surface area contributed by atoms with E-state index in [4.69, 9.17) is 4.74 Å². The lowest BCUT2D eigenvalue weighted by Gasteiger charge is -2.29. The van der Waals surface area contributed by atoms with Crippen molar-refractivity contribution in [3.05, 3.63) is 0 Å². The fraction of sp³-hybridized carbons (Fsp3) is 0.933. The number of piperidine rings is 1. The fourth-order valence-corrected chi connectivity index (χ4v) is 2.43. The molecule has 6 heteroatoms. The van der Waals surface area contributed by atoms with Crippen LogP contribution in [0.1, 0.15) is 33.6 Å². The van der Waals surface area contributed by atoms with Crippen molar-refractivity contribution in [1.29, 1.82) is 0 Å². The molecule has 1 aliphatic heterocycles. The van der Waals surface area contributed by atoms with Crippen LogP contribution in [0.15, 0.2) is 4.99 Å². The van der Waals surface area contributed by atoms with E-state index in [0.717, 1.165) is 31.5 Å². The first-order chi connectivity index (χ1) is 9.65. The summed E-state index contributed by atoms with van der Waals surface area (Å²) in [6.07, 6.45) is 2.65. The van der Waals surface area contributed by atoms with Crippen molar-refractivity contribution in [1.82, 2.24) is 15.5 Å². The molecule has 2 N–H and O–H groups in total. The van der Waals surface area contributed by atoms with E-state index in [0.29, 0.717) is 6.61 Å². The normalized spacial score (nSPS) is 19.0. The van der Waals surface area contributed by atoms with Gasteiger partial charge in [-0.15, -0.1) is 24.0 Å². The largest absolute Gasteiger partial charge is 0.383 e. The van der Waals surface area contributed by atoms with E-state index < -0.39 is 0 Å². The number of hydrogen-bond donors (Lipinski definition) is 2. The number of hydrogen-bond acceptors (Lipinski definition) is 3. The first-order valence-electron chi connectivity index (χ1n) is 7.91. The first kappa shape index (κ1) is 20.9. The Bertz CT molecular complexity index is 281. The van der Waals surface area contributed by atoms with E-state index in [2.05, 4.69) is 41.3 Å². The third-order valence-corrected chi connectivity index (χ3v) is 3.71. The third kappa shape index (κ3) is 9.52. The van der Waals surface area contributed by atoms with Crippen molar-refractivity contribution in [3.63, 3.8) is 0 Å². The molecule has 0 aromatic heterocycles. The molecule has 21 heavy (non-hydrogen) atoms. The van der Waals surface area contributed by atoms with Gasteiger partial charge in [-0.05, 0) is 45.7 Å². The Morgan fingerprint density at radius 2 is 2.05 bits per heavy atom. The Morgan fingerprint density at radius 1 is 1.38 bits per heavy atom. The molecule has 5 nitrogen and oxygen atoms in total. The highest BCUT2D eigenvalue weighted by atomic mass is 127. The minimum atomic E-state index is 0. The quantitative estimate of drug-likeness (QED) is 0.381. The van der Waals surface area contributed by atoms with Gasteiger partial charge >= 0.3 is 0 Å². The molecule has 0 saturated carbocycles. The standard InChI is InChI=1S/C15H32N4O.HI/c1-5-16-15(18-14(3)12-20-4)17-8-11-19-9-6-13(2)7-10-19;/h13-14H,5-12H2,1-4H3,(H2,16,17,18);1H. The van der Waals surface area contributed by atoms with E-state index in [1.54, 1.807) is 7.11 Å². The first-order valence-corrected chi connectivity index (χ1v) is 7.91. The molecule has 1 rings (SSSR count). The van der Waals surface area contributed by atoms with Crippen LogP contribution in [-0.4, -0.2) is 63.3 Å². The summed E-state index contributed by atoms with van der Waals surface area (Å²) in [5, 5.41) is 6.64. The van der Waals surface area contributed by atoms with E-state index in [1.165, 1.54) is 25.9 Å². The van der Waals surface area contributed by atoms with Gasteiger partial charge < -0.3 is 20.3 Å². The summed E-state index contributed by atoms with van der Waals surface area (Å²) < 4.78 is 5.14. The molecule has 1 atom stereocenters. The lowest BCUT2D eigenvalue weighted by Crippen LogP contribution is -2.44. The summed E-state index contributed by atoms with van der Waals surface area (Å²) in [6, 6.07) is 0.272. The van der Waals surface area contributed by atoms with Gasteiger partial charge in [0.25, 0.3) is 0 Å². The van der Waals surface area contributed by atoms with Crippen molar-refractivity contribution in [2.75, 3.05) is 46.4 Å². The van der Waals surface area contributed by atoms with Crippen LogP contribution < -0.4 is 10.6 Å². The maximum atomic E-state index is 5.14. The molecule has 0 bridgehead atoms. The Kier molecular flexibility index (Phi) is 12.4. The van der Waals surface area contributed by atoms with Gasteiger partial charge in [0.1, 0.15) is 0 Å². The molecule has 0 spiro atoms. The second-order valence-corrected chi connectivity index (χ2v) is 5.79. The fourth-order valence-electron chi connectivity index (χ4n) is 2.43. The number of guanidine groups is 1. The lowest BCUT2D eigenvalue weighted by molar-refractivity contribution is 0.179. The lowest BCUT2D eigenvalue weighted by atomic mass is 9.99. The van der Waals surface area contributed by atoms with Crippen molar-refractivity contribution in [2.24, 2.45) is 10.9 Å². The van der Waals surface area contributed by atoms with Crippen LogP contribution in [-0.2, 0) is 4.74 Å². The minimum absolute atomic E-state index is 0. The van der Waals surface area contributed by atoms with Gasteiger partial charge in [0.15, 0.2) is 5.96 Å². The number of nitrogens with one attached hydrogen (secondary N) is 2. The molecule has 1 fully saturated rings. The zero-order valence-electron chi connectivity index (χ0n) is 14.0. The number of methoxy groups -OCH3 is 1. The van der Waals surface area contributed by atoms with Gasteiger partial charge in [-0.25, -0.2) is 0 Å². The number of halogens is 1. The summed E-state index contributed by atoms with van der Waals surface area (Å²) in [4.78, 5) is 7.17. The predicted molar refractivity (Wildman–Crippen MR) is 101 cm³/mol. The van der Waals surface area contributed by atoms with Gasteiger partial charge in [0, 0.05) is 26.2 Å². The number of rotatable bonds is 7. The van der Waals surface area contributed by atoms with Gasteiger partial charge in [-0.2, -0.15) is 0 Å². The average Bonchev–Trinajstić information content (AvgIpc) is 2.41. The van der Waals surface area contributed by atoms with E-state index in [-0.39, 0.29) is 30.0 Å². The summed E-state index contributed by atoms with van der Waals surface area (Å²) in [6.45, 7) is 12.5. The van der Waals surface area contributed by atoms with Gasteiger partial charge in [-0.3, -0.25) is 4.99 Å². The third-order valence-electron chi connectivity index (χ3n) is 3.71. The number of aliphatic imine (C=N–C) groups is 1. The molecule has 1 unspecified atom stereocenters. The molecule has 1 heterocycles. The second-order valence-electron chi connectivity index (χ2n) is 5.79. The van der Waals surface area contributed by atoms with Crippen molar-refractivity contribution in [2.45, 2.75) is 39.7 Å². The Balaban J connectivity index is 0.00000400. The summed E-state index contributed by atoms with van der Waals surface area (Å²) in [7, 11) is 1.72. The van der Waals surface area contributed by atoms with E-state index >= 15 is 0 Å². The smallest absolute Gasteiger partial charge is 0.191 e. The van der Waals surface area contributed by atoms with E-state index in [1.807, 2.05) is 0 Å². The predicted octanol–water partition coefficient (Wildman–Crippen LogP) is 1.93. The summed E-state index contributed by atoms with van der Waals surface area (Å²) >= 11 is 0. The van der Waals surface area contributed by atoms with Crippen molar-refractivity contribution in [3.8, 4) is 0 Å².